The number of fused-ring (bicyclic) bond motifs is 2. The van der Waals surface area contributed by atoms with E-state index in [4.69, 9.17) is 19.7 Å². The average molecular weight is 446 g/mol. The first-order valence-corrected chi connectivity index (χ1v) is 11.4. The van der Waals surface area contributed by atoms with Gasteiger partial charge in [0.15, 0.2) is 11.6 Å². The molecule has 0 N–H and O–H groups in total. The molecule has 8 heteroatoms. The molecule has 5 rings (SSSR count). The Bertz CT molecular complexity index is 1270. The predicted octanol–water partition coefficient (Wildman–Crippen LogP) is 4.18. The molecule has 0 saturated heterocycles. The molecule has 1 aliphatic rings. The van der Waals surface area contributed by atoms with Crippen molar-refractivity contribution < 1.29 is 9.53 Å². The Morgan fingerprint density at radius 2 is 1.72 bits per heavy atom. The van der Waals surface area contributed by atoms with Gasteiger partial charge in [-0.1, -0.05) is 12.1 Å². The van der Waals surface area contributed by atoms with Crippen LogP contribution in [0, 0.1) is 0 Å². The van der Waals surface area contributed by atoms with Crippen molar-refractivity contribution in [3.8, 4) is 16.3 Å². The lowest BCUT2D eigenvalue weighted by Crippen LogP contribution is -2.33. The van der Waals surface area contributed by atoms with Gasteiger partial charge in [-0.15, -0.1) is 11.3 Å². The fraction of sp³-hybridized carbons (Fsp3) is 0.250. The maximum atomic E-state index is 13.3. The Labute approximate surface area is 190 Å². The maximum Gasteiger partial charge on any atom is 0.234 e. The lowest BCUT2D eigenvalue weighted by Gasteiger charge is -2.22. The topological polar surface area (TPSA) is 71.5 Å². The molecule has 4 aromatic rings. The van der Waals surface area contributed by atoms with E-state index in [-0.39, 0.29) is 12.3 Å². The fourth-order valence-corrected chi connectivity index (χ4v) is 4.67. The van der Waals surface area contributed by atoms with E-state index in [2.05, 4.69) is 4.90 Å². The number of anilines is 2. The summed E-state index contributed by atoms with van der Waals surface area (Å²) in [6.07, 6.45) is 1.08. The molecule has 0 fully saturated rings. The minimum atomic E-state index is -0.0160. The van der Waals surface area contributed by atoms with Gasteiger partial charge in [0.05, 0.1) is 30.3 Å². The third-order valence-electron chi connectivity index (χ3n) is 5.55. The van der Waals surface area contributed by atoms with Gasteiger partial charge in [0.2, 0.25) is 5.91 Å². The zero-order valence-corrected chi connectivity index (χ0v) is 18.8. The van der Waals surface area contributed by atoms with Crippen molar-refractivity contribution >= 4 is 39.9 Å². The van der Waals surface area contributed by atoms with Gasteiger partial charge in [0.1, 0.15) is 10.8 Å². The molecule has 3 heterocycles. The highest BCUT2D eigenvalue weighted by molar-refractivity contribution is 7.13. The second-order valence-electron chi connectivity index (χ2n) is 7.73. The number of aromatic nitrogens is 3. The van der Waals surface area contributed by atoms with Gasteiger partial charge in [0.25, 0.3) is 0 Å². The third-order valence-corrected chi connectivity index (χ3v) is 6.49. The van der Waals surface area contributed by atoms with Crippen LogP contribution >= 0.6 is 11.3 Å². The number of rotatable bonds is 4. The summed E-state index contributed by atoms with van der Waals surface area (Å²) in [6, 6.07) is 15.5. The van der Waals surface area contributed by atoms with Crippen molar-refractivity contribution in [1.29, 1.82) is 0 Å². The molecule has 1 amide bonds. The third kappa shape index (κ3) is 3.89. The summed E-state index contributed by atoms with van der Waals surface area (Å²) in [6.45, 7) is 1.43. The summed E-state index contributed by atoms with van der Waals surface area (Å²) in [5.74, 6) is 2.16. The molecule has 0 radical (unpaired) electrons. The molecule has 1 aliphatic heterocycles. The minimum absolute atomic E-state index is 0.0160. The number of benzene rings is 2. The van der Waals surface area contributed by atoms with Crippen molar-refractivity contribution in [3.05, 3.63) is 59.6 Å². The standard InChI is InChI=1S/C24H23N5O2S/c1-28-12-5-13-29(23-22(28)26-19-6-3-4-7-20(19)27-23)21(30)14-17-15-32-24(25-17)16-8-10-18(31-2)11-9-16/h3-4,6-11,15H,5,12-14H2,1-2H3. The molecule has 2 aromatic carbocycles. The van der Waals surface area contributed by atoms with Crippen molar-refractivity contribution in [3.63, 3.8) is 0 Å². The van der Waals surface area contributed by atoms with Crippen molar-refractivity contribution in [2.75, 3.05) is 37.0 Å². The summed E-state index contributed by atoms with van der Waals surface area (Å²) in [7, 11) is 3.64. The van der Waals surface area contributed by atoms with Crippen LogP contribution in [0.1, 0.15) is 12.1 Å². The highest BCUT2D eigenvalue weighted by Crippen LogP contribution is 2.31. The molecular weight excluding hydrogens is 422 g/mol. The van der Waals surface area contributed by atoms with Gasteiger partial charge < -0.3 is 9.64 Å². The zero-order chi connectivity index (χ0) is 22.1. The van der Waals surface area contributed by atoms with Crippen LogP contribution in [0.2, 0.25) is 0 Å². The average Bonchev–Trinajstić information content (AvgIpc) is 3.22. The van der Waals surface area contributed by atoms with Crippen molar-refractivity contribution in [1.82, 2.24) is 15.0 Å². The summed E-state index contributed by atoms with van der Waals surface area (Å²) in [5.41, 5.74) is 3.39. The first kappa shape index (κ1) is 20.4. The van der Waals surface area contributed by atoms with Crippen LogP contribution in [0.25, 0.3) is 21.6 Å². The zero-order valence-electron chi connectivity index (χ0n) is 18.0. The largest absolute Gasteiger partial charge is 0.497 e. The number of hydrogen-bond acceptors (Lipinski definition) is 7. The molecular formula is C24H23N5O2S. The number of carbonyl (C=O) groups is 1. The smallest absolute Gasteiger partial charge is 0.234 e. The number of thiazole rings is 1. The minimum Gasteiger partial charge on any atom is -0.497 e. The molecule has 162 valence electrons. The van der Waals surface area contributed by atoms with E-state index in [0.29, 0.717) is 12.4 Å². The lowest BCUT2D eigenvalue weighted by molar-refractivity contribution is -0.118. The Morgan fingerprint density at radius 1 is 1.00 bits per heavy atom. The van der Waals surface area contributed by atoms with E-state index >= 15 is 0 Å². The molecule has 0 saturated carbocycles. The molecule has 0 atom stereocenters. The quantitative estimate of drug-likeness (QED) is 0.469. The van der Waals surface area contributed by atoms with Crippen LogP contribution in [-0.4, -0.2) is 48.1 Å². The van der Waals surface area contributed by atoms with Crippen LogP contribution in [0.5, 0.6) is 5.75 Å². The number of nitrogens with zero attached hydrogens (tertiary/aromatic N) is 5. The van der Waals surface area contributed by atoms with Crippen LogP contribution in [0.15, 0.2) is 53.9 Å². The van der Waals surface area contributed by atoms with Crippen LogP contribution in [0.3, 0.4) is 0 Å². The number of methoxy groups -OCH3 is 1. The van der Waals surface area contributed by atoms with E-state index in [9.17, 15) is 4.79 Å². The summed E-state index contributed by atoms with van der Waals surface area (Å²) in [4.78, 5) is 31.5. The Hall–Kier alpha value is -3.52. The van der Waals surface area contributed by atoms with Gasteiger partial charge >= 0.3 is 0 Å². The number of para-hydroxylation sites is 2. The SMILES string of the molecule is COc1ccc(-c2nc(CC(=O)N3CCCN(C)c4nc5ccccc5nc43)cs2)cc1. The van der Waals surface area contributed by atoms with Gasteiger partial charge in [-0.05, 0) is 42.8 Å². The van der Waals surface area contributed by atoms with Crippen LogP contribution in [-0.2, 0) is 11.2 Å². The molecule has 32 heavy (non-hydrogen) atoms. The second-order valence-corrected chi connectivity index (χ2v) is 8.59. The molecule has 0 aliphatic carbocycles. The monoisotopic (exact) mass is 445 g/mol. The number of amides is 1. The van der Waals surface area contributed by atoms with Gasteiger partial charge in [-0.3, -0.25) is 9.69 Å². The number of carbonyl (C=O) groups excluding carboxylic acids is 1. The fourth-order valence-electron chi connectivity index (χ4n) is 3.84. The summed E-state index contributed by atoms with van der Waals surface area (Å²) in [5, 5.41) is 2.84. The van der Waals surface area contributed by atoms with E-state index in [1.807, 2.05) is 61.0 Å². The molecule has 0 spiro atoms. The van der Waals surface area contributed by atoms with E-state index in [1.54, 1.807) is 12.0 Å². The van der Waals surface area contributed by atoms with Crippen LogP contribution in [0.4, 0.5) is 11.6 Å². The predicted molar refractivity (Wildman–Crippen MR) is 128 cm³/mol. The molecule has 7 nitrogen and oxygen atoms in total. The van der Waals surface area contributed by atoms with Crippen LogP contribution < -0.4 is 14.5 Å². The Balaban J connectivity index is 1.42. The summed E-state index contributed by atoms with van der Waals surface area (Å²) < 4.78 is 5.22. The first-order valence-electron chi connectivity index (χ1n) is 10.5. The second kappa shape index (κ2) is 8.55. The van der Waals surface area contributed by atoms with Gasteiger partial charge in [-0.2, -0.15) is 0 Å². The lowest BCUT2D eigenvalue weighted by atomic mass is 10.2. The highest BCUT2D eigenvalue weighted by Gasteiger charge is 2.27. The molecule has 0 unspecified atom stereocenters. The number of ether oxygens (including phenoxy) is 1. The summed E-state index contributed by atoms with van der Waals surface area (Å²) >= 11 is 1.54. The Morgan fingerprint density at radius 3 is 2.44 bits per heavy atom. The maximum absolute atomic E-state index is 13.3. The van der Waals surface area contributed by atoms with E-state index in [0.717, 1.165) is 51.8 Å². The Kier molecular flexibility index (Phi) is 5.45. The van der Waals surface area contributed by atoms with Crippen molar-refractivity contribution in [2.24, 2.45) is 0 Å². The number of hydrogen-bond donors (Lipinski definition) is 0. The normalized spacial score (nSPS) is 13.7. The first-order chi connectivity index (χ1) is 15.6. The van der Waals surface area contributed by atoms with Gasteiger partial charge in [0, 0.05) is 31.1 Å². The van der Waals surface area contributed by atoms with Crippen molar-refractivity contribution in [2.45, 2.75) is 12.8 Å². The molecule has 0 bridgehead atoms. The molecule has 2 aromatic heterocycles. The van der Waals surface area contributed by atoms with E-state index < -0.39 is 0 Å². The highest BCUT2D eigenvalue weighted by atomic mass is 32.1. The van der Waals surface area contributed by atoms with Gasteiger partial charge in [-0.25, -0.2) is 15.0 Å². The van der Waals surface area contributed by atoms with E-state index in [1.165, 1.54) is 11.3 Å².